The van der Waals surface area contributed by atoms with E-state index in [1.165, 1.54) is 16.7 Å². The summed E-state index contributed by atoms with van der Waals surface area (Å²) in [5.74, 6) is 0. The van der Waals surface area contributed by atoms with Gasteiger partial charge >= 0.3 is 6.18 Å². The maximum atomic E-state index is 12.8. The summed E-state index contributed by atoms with van der Waals surface area (Å²) >= 11 is 4.79. The number of nitrogens with zero attached hydrogens (tertiary/aromatic N) is 2. The highest BCUT2D eigenvalue weighted by Crippen LogP contribution is 2.32. The number of thiocarbonyl (C=S) groups is 1. The lowest BCUT2D eigenvalue weighted by molar-refractivity contribution is -0.136. The van der Waals surface area contributed by atoms with E-state index in [0.29, 0.717) is 11.4 Å². The van der Waals surface area contributed by atoms with Gasteiger partial charge in [-0.2, -0.15) is 13.2 Å². The van der Waals surface area contributed by atoms with Gasteiger partial charge in [0, 0.05) is 12.6 Å². The second-order valence-electron chi connectivity index (χ2n) is 3.90. The van der Waals surface area contributed by atoms with Crippen LogP contribution in [0.1, 0.15) is 17.0 Å². The third-order valence-electron chi connectivity index (χ3n) is 2.60. The molecule has 0 aromatic carbocycles. The summed E-state index contributed by atoms with van der Waals surface area (Å²) in [6, 6.07) is 2.34. The number of alkyl halides is 3. The van der Waals surface area contributed by atoms with Crippen LogP contribution in [0.2, 0.25) is 0 Å². The van der Waals surface area contributed by atoms with Crippen molar-refractivity contribution in [2.45, 2.75) is 19.5 Å². The first-order valence-electron chi connectivity index (χ1n) is 5.12. The Balaban J connectivity index is 2.71. The molecule has 2 N–H and O–H groups in total. The minimum Gasteiger partial charge on any atom is -0.393 e. The number of hydrogen-bond donors (Lipinski definition) is 1. The second-order valence-corrected chi connectivity index (χ2v) is 4.42. The van der Waals surface area contributed by atoms with Gasteiger partial charge in [-0.3, -0.25) is 0 Å². The van der Waals surface area contributed by atoms with Crippen molar-refractivity contribution in [2.75, 3.05) is 0 Å². The van der Waals surface area contributed by atoms with E-state index in [1.807, 2.05) is 0 Å². The minimum atomic E-state index is -4.43. The fraction of sp³-hybridized carbons (Fsp3) is 0.273. The van der Waals surface area contributed by atoms with Crippen molar-refractivity contribution in [3.63, 3.8) is 0 Å². The smallest absolute Gasteiger partial charge is 0.393 e. The van der Waals surface area contributed by atoms with E-state index >= 15 is 0 Å². The van der Waals surface area contributed by atoms with Gasteiger partial charge in [0.15, 0.2) is 0 Å². The molecule has 0 atom stereocenters. The SMILES string of the molecule is Cc1nc2c(C(F)(F)F)cccn2c1CC(N)=S. The molecule has 0 amide bonds. The summed E-state index contributed by atoms with van der Waals surface area (Å²) in [4.78, 5) is 4.18. The Hall–Kier alpha value is -1.63. The third-order valence-corrected chi connectivity index (χ3v) is 2.74. The van der Waals surface area contributed by atoms with Gasteiger partial charge in [0.1, 0.15) is 5.65 Å². The predicted molar refractivity (Wildman–Crippen MR) is 65.4 cm³/mol. The predicted octanol–water partition coefficient (Wildman–Crippen LogP) is 2.49. The number of aryl methyl sites for hydroxylation is 1. The van der Waals surface area contributed by atoms with Crippen LogP contribution in [0.25, 0.3) is 5.65 Å². The molecular weight excluding hydrogens is 263 g/mol. The first-order valence-corrected chi connectivity index (χ1v) is 5.53. The molecular formula is C11H10F3N3S. The van der Waals surface area contributed by atoms with Crippen LogP contribution in [-0.4, -0.2) is 14.4 Å². The van der Waals surface area contributed by atoms with E-state index in [9.17, 15) is 13.2 Å². The highest BCUT2D eigenvalue weighted by atomic mass is 32.1. The van der Waals surface area contributed by atoms with Crippen LogP contribution in [0.5, 0.6) is 0 Å². The van der Waals surface area contributed by atoms with E-state index < -0.39 is 11.7 Å². The Labute approximate surface area is 106 Å². The van der Waals surface area contributed by atoms with E-state index in [4.69, 9.17) is 18.0 Å². The zero-order chi connectivity index (χ0) is 13.5. The molecule has 0 saturated carbocycles. The zero-order valence-electron chi connectivity index (χ0n) is 9.45. The minimum absolute atomic E-state index is 0.117. The molecule has 2 heterocycles. The Morgan fingerprint density at radius 3 is 2.72 bits per heavy atom. The lowest BCUT2D eigenvalue weighted by Gasteiger charge is -2.08. The van der Waals surface area contributed by atoms with Crippen molar-refractivity contribution in [1.82, 2.24) is 9.38 Å². The number of aromatic nitrogens is 2. The number of imidazole rings is 1. The topological polar surface area (TPSA) is 43.3 Å². The molecule has 0 aliphatic carbocycles. The van der Waals surface area contributed by atoms with Gasteiger partial charge in [-0.15, -0.1) is 0 Å². The number of rotatable bonds is 2. The molecule has 7 heteroatoms. The number of nitrogens with two attached hydrogens (primary N) is 1. The quantitative estimate of drug-likeness (QED) is 0.855. The Morgan fingerprint density at radius 2 is 2.17 bits per heavy atom. The largest absolute Gasteiger partial charge is 0.419 e. The maximum Gasteiger partial charge on any atom is 0.419 e. The van der Waals surface area contributed by atoms with E-state index in [2.05, 4.69) is 4.98 Å². The number of pyridine rings is 1. The number of hydrogen-bond acceptors (Lipinski definition) is 2. The van der Waals surface area contributed by atoms with Crippen molar-refractivity contribution in [3.8, 4) is 0 Å². The van der Waals surface area contributed by atoms with E-state index in [-0.39, 0.29) is 17.1 Å². The van der Waals surface area contributed by atoms with Crippen LogP contribution in [0.3, 0.4) is 0 Å². The lowest BCUT2D eigenvalue weighted by Crippen LogP contribution is -2.14. The van der Waals surface area contributed by atoms with Gasteiger partial charge in [0.2, 0.25) is 0 Å². The molecule has 0 aliphatic heterocycles. The molecule has 3 nitrogen and oxygen atoms in total. The van der Waals surface area contributed by atoms with Gasteiger partial charge < -0.3 is 10.1 Å². The highest BCUT2D eigenvalue weighted by molar-refractivity contribution is 7.80. The number of halogens is 3. The van der Waals surface area contributed by atoms with Gasteiger partial charge in [-0.25, -0.2) is 4.98 Å². The molecule has 0 unspecified atom stereocenters. The van der Waals surface area contributed by atoms with E-state index in [0.717, 1.165) is 6.07 Å². The van der Waals surface area contributed by atoms with Crippen molar-refractivity contribution in [3.05, 3.63) is 35.3 Å². The third kappa shape index (κ3) is 2.17. The normalized spacial score (nSPS) is 12.0. The van der Waals surface area contributed by atoms with Gasteiger partial charge in [0.05, 0.1) is 21.9 Å². The molecule has 0 fully saturated rings. The van der Waals surface area contributed by atoms with Crippen LogP contribution in [0.15, 0.2) is 18.3 Å². The van der Waals surface area contributed by atoms with Crippen molar-refractivity contribution >= 4 is 22.9 Å². The fourth-order valence-electron chi connectivity index (χ4n) is 1.83. The molecule has 0 spiro atoms. The van der Waals surface area contributed by atoms with Crippen molar-refractivity contribution in [2.24, 2.45) is 5.73 Å². The molecule has 0 radical (unpaired) electrons. The summed E-state index contributed by atoms with van der Waals surface area (Å²) in [5.41, 5.74) is 5.64. The fourth-order valence-corrected chi connectivity index (χ4v) is 1.97. The first-order chi connectivity index (χ1) is 8.30. The zero-order valence-corrected chi connectivity index (χ0v) is 10.3. The van der Waals surface area contributed by atoms with E-state index in [1.54, 1.807) is 6.92 Å². The maximum absolute atomic E-state index is 12.8. The van der Waals surface area contributed by atoms with Crippen LogP contribution in [-0.2, 0) is 12.6 Å². The van der Waals surface area contributed by atoms with Crippen LogP contribution in [0, 0.1) is 6.92 Å². The lowest BCUT2D eigenvalue weighted by atomic mass is 10.2. The van der Waals surface area contributed by atoms with Crippen LogP contribution < -0.4 is 5.73 Å². The van der Waals surface area contributed by atoms with Gasteiger partial charge in [0.25, 0.3) is 0 Å². The molecule has 0 aliphatic rings. The van der Waals surface area contributed by atoms with Crippen LogP contribution >= 0.6 is 12.2 Å². The summed E-state index contributed by atoms with van der Waals surface area (Å²) in [5, 5.41) is 0. The summed E-state index contributed by atoms with van der Waals surface area (Å²) < 4.78 is 39.8. The molecule has 0 saturated heterocycles. The molecule has 2 rings (SSSR count). The molecule has 96 valence electrons. The van der Waals surface area contributed by atoms with Gasteiger partial charge in [-0.05, 0) is 19.1 Å². The second kappa shape index (κ2) is 4.24. The Bertz CT molecular complexity index is 616. The molecule has 2 aromatic heterocycles. The van der Waals surface area contributed by atoms with Crippen molar-refractivity contribution < 1.29 is 13.2 Å². The average molecular weight is 273 g/mol. The summed E-state index contributed by atoms with van der Waals surface area (Å²) in [6.07, 6.45) is -2.68. The van der Waals surface area contributed by atoms with Gasteiger partial charge in [-0.1, -0.05) is 12.2 Å². The summed E-state index contributed by atoms with van der Waals surface area (Å²) in [6.45, 7) is 1.64. The number of fused-ring (bicyclic) bond motifs is 1. The standard InChI is InChI=1S/C11H10F3N3S/c1-6-8(5-9(15)18)17-4-2-3-7(10(17)16-6)11(12,13)14/h2-4H,5H2,1H3,(H2,15,18). The average Bonchev–Trinajstić information content (AvgIpc) is 2.53. The van der Waals surface area contributed by atoms with Crippen molar-refractivity contribution in [1.29, 1.82) is 0 Å². The Morgan fingerprint density at radius 1 is 1.50 bits per heavy atom. The monoisotopic (exact) mass is 273 g/mol. The molecule has 2 aromatic rings. The Kier molecular flexibility index (Phi) is 3.02. The summed E-state index contributed by atoms with van der Waals surface area (Å²) in [7, 11) is 0. The van der Waals surface area contributed by atoms with Crippen LogP contribution in [0.4, 0.5) is 13.2 Å². The molecule has 0 bridgehead atoms. The first kappa shape index (κ1) is 12.8. The molecule has 18 heavy (non-hydrogen) atoms. The highest BCUT2D eigenvalue weighted by Gasteiger charge is 2.34.